The van der Waals surface area contributed by atoms with E-state index in [2.05, 4.69) is 79.0 Å². The first-order valence-corrected chi connectivity index (χ1v) is 12.5. The number of carbonyl (C=O) groups excluding carboxylic acids is 1. The Morgan fingerprint density at radius 2 is 1.66 bits per heavy atom. The fourth-order valence-corrected chi connectivity index (χ4v) is 3.46. The van der Waals surface area contributed by atoms with Gasteiger partial charge in [-0.15, -0.1) is 0 Å². The van der Waals surface area contributed by atoms with Gasteiger partial charge in [0.25, 0.3) is 0 Å². The molecule has 35 heavy (non-hydrogen) atoms. The molecule has 0 aromatic heterocycles. The number of hydrogen-bond acceptors (Lipinski definition) is 3. The number of nitrogens with one attached hydrogen (secondary N) is 2. The molecule has 2 atom stereocenters. The van der Waals surface area contributed by atoms with Gasteiger partial charge in [-0.05, 0) is 63.7 Å². The smallest absolute Gasteiger partial charge is 0.220 e. The lowest BCUT2D eigenvalue weighted by atomic mass is 9.86. The van der Waals surface area contributed by atoms with Gasteiger partial charge in [-0.25, -0.2) is 4.99 Å². The predicted molar refractivity (Wildman–Crippen MR) is 144 cm³/mol. The highest BCUT2D eigenvalue weighted by Crippen LogP contribution is 2.24. The molecule has 1 rings (SSSR count). The third kappa shape index (κ3) is 21.0. The Labute approximate surface area is 219 Å². The van der Waals surface area contributed by atoms with Crippen LogP contribution in [0.5, 0.6) is 0 Å². The van der Waals surface area contributed by atoms with Crippen molar-refractivity contribution in [2.45, 2.75) is 84.6 Å². The molecule has 0 aliphatic carbocycles. The van der Waals surface area contributed by atoms with Crippen LogP contribution >= 0.6 is 0 Å². The summed E-state index contributed by atoms with van der Waals surface area (Å²) >= 11 is 0. The molecule has 0 saturated carbocycles. The lowest BCUT2D eigenvalue weighted by Gasteiger charge is -2.20. The first kappa shape index (κ1) is 35.2. The number of aliphatic imine (C=N–C) groups is 1. The fraction of sp³-hybridized carbons (Fsp3) is 0.571. The number of rotatable bonds is 18. The van der Waals surface area contributed by atoms with Crippen LogP contribution in [0.4, 0.5) is 0 Å². The second-order valence-corrected chi connectivity index (χ2v) is 9.43. The largest absolute Gasteiger partial charge is 1.00 e. The molecule has 6 nitrogen and oxygen atoms in total. The second-order valence-electron chi connectivity index (χ2n) is 9.43. The van der Waals surface area contributed by atoms with Gasteiger partial charge in [0.15, 0.2) is 6.34 Å². The van der Waals surface area contributed by atoms with Crippen molar-refractivity contribution < 1.29 is 32.7 Å². The van der Waals surface area contributed by atoms with Crippen LogP contribution in [-0.2, 0) is 4.79 Å². The topological polar surface area (TPSA) is 97.6 Å². The van der Waals surface area contributed by atoms with Gasteiger partial charge in [0.2, 0.25) is 5.91 Å². The number of aliphatic hydroxyl groups is 1. The predicted octanol–water partition coefficient (Wildman–Crippen LogP) is 0.823. The van der Waals surface area contributed by atoms with E-state index in [1.807, 2.05) is 12.5 Å². The van der Waals surface area contributed by atoms with Crippen molar-refractivity contribution in [2.24, 2.45) is 10.4 Å². The highest BCUT2D eigenvalue weighted by molar-refractivity contribution is 5.76. The summed E-state index contributed by atoms with van der Waals surface area (Å²) in [5.41, 5.74) is 0.256. The van der Waals surface area contributed by atoms with Crippen LogP contribution in [0.2, 0.25) is 0 Å². The Morgan fingerprint density at radius 1 is 1.03 bits per heavy atom. The molecule has 1 aliphatic heterocycles. The van der Waals surface area contributed by atoms with Crippen molar-refractivity contribution in [1.29, 1.82) is 0 Å². The van der Waals surface area contributed by atoms with Crippen LogP contribution in [0.1, 0.15) is 78.6 Å². The summed E-state index contributed by atoms with van der Waals surface area (Å²) < 4.78 is 0. The quantitative estimate of drug-likeness (QED) is 0.188. The molecule has 0 bridgehead atoms. The zero-order chi connectivity index (χ0) is 24.2. The number of unbranched alkanes of at least 4 members (excludes halogenated alkanes) is 2. The maximum Gasteiger partial charge on any atom is 0.220 e. The fourth-order valence-electron chi connectivity index (χ4n) is 3.46. The number of aliphatic hydroxyl groups excluding tert-OH is 1. The van der Waals surface area contributed by atoms with Crippen molar-refractivity contribution in [1.82, 2.24) is 5.32 Å². The minimum atomic E-state index is -0.162. The van der Waals surface area contributed by atoms with Gasteiger partial charge < -0.3 is 28.3 Å². The Hall–Kier alpha value is -1.99. The van der Waals surface area contributed by atoms with Gasteiger partial charge in [0, 0.05) is 12.5 Å². The second kappa shape index (κ2) is 22.5. The van der Waals surface area contributed by atoms with Crippen LogP contribution < -0.4 is 22.6 Å². The highest BCUT2D eigenvalue weighted by Gasteiger charge is 2.13. The Morgan fingerprint density at radius 3 is 2.26 bits per heavy atom. The van der Waals surface area contributed by atoms with Gasteiger partial charge in [0.05, 0.1) is 19.4 Å². The monoisotopic (exact) mass is 509 g/mol. The summed E-state index contributed by atoms with van der Waals surface area (Å²) in [5.74, 6) is 0.0115. The number of nitrogens with zero attached hydrogens (tertiary/aromatic N) is 1. The lowest BCUT2D eigenvalue weighted by molar-refractivity contribution is -0.736. The third-order valence-corrected chi connectivity index (χ3v) is 5.49. The van der Waals surface area contributed by atoms with Crippen molar-refractivity contribution in [3.05, 3.63) is 61.0 Å². The Balaban J connectivity index is 0. The average molecular weight is 510 g/mol. The highest BCUT2D eigenvalue weighted by atomic mass is 35.5. The molecule has 0 saturated heterocycles. The van der Waals surface area contributed by atoms with Gasteiger partial charge in [-0.2, -0.15) is 0 Å². The zero-order valence-electron chi connectivity index (χ0n) is 21.9. The average Bonchev–Trinajstić information content (AvgIpc) is 3.30. The molecular formula is C28H48ClN3O3. The SMILES string of the molecule is C[C@H](CO)NC(=O)CCC/C=C\C/C=C\C/C=C\C/C=C\C(C)(C)CCCC[NH+]1C=CN=C1.O.[Cl-]. The lowest BCUT2D eigenvalue weighted by Crippen LogP contribution is -3.05. The van der Waals surface area contributed by atoms with Gasteiger partial charge in [-0.1, -0.05) is 62.5 Å². The summed E-state index contributed by atoms with van der Waals surface area (Å²) in [6.45, 7) is 7.55. The van der Waals surface area contributed by atoms with E-state index in [4.69, 9.17) is 5.11 Å². The van der Waals surface area contributed by atoms with Crippen molar-refractivity contribution >= 4 is 12.2 Å². The van der Waals surface area contributed by atoms with E-state index in [0.29, 0.717) is 6.42 Å². The molecule has 1 unspecified atom stereocenters. The summed E-state index contributed by atoms with van der Waals surface area (Å²) in [5, 5.41) is 11.7. The van der Waals surface area contributed by atoms with E-state index in [0.717, 1.165) is 38.6 Å². The van der Waals surface area contributed by atoms with E-state index >= 15 is 0 Å². The van der Waals surface area contributed by atoms with Crippen molar-refractivity contribution in [2.75, 3.05) is 13.2 Å². The van der Waals surface area contributed by atoms with E-state index in [1.165, 1.54) is 24.2 Å². The first-order chi connectivity index (χ1) is 15.9. The summed E-state index contributed by atoms with van der Waals surface area (Å²) in [4.78, 5) is 17.1. The molecule has 200 valence electrons. The van der Waals surface area contributed by atoms with Crippen LogP contribution in [-0.4, -0.2) is 42.0 Å². The molecule has 7 heteroatoms. The van der Waals surface area contributed by atoms with Crippen LogP contribution in [0.15, 0.2) is 66.0 Å². The van der Waals surface area contributed by atoms with Gasteiger partial charge in [-0.3, -0.25) is 9.69 Å². The minimum Gasteiger partial charge on any atom is -1.00 e. The zero-order valence-corrected chi connectivity index (χ0v) is 22.6. The molecule has 1 amide bonds. The standard InChI is InChI=1S/C28H45N3O2.ClH.H2O/c1-26(24-32)30-27(33)18-14-12-10-8-6-4-5-7-9-11-13-15-19-28(2,3)20-16-17-22-31-23-21-29-25-31;;/h4-5,8-11,15,19,21,23,25-26,32H,6-7,12-14,16-18,20,22,24H2,1-3H3,(H,30,33);1H;1H2/b5-4-,10-8-,11-9-,19-15-;;/t26-;;/m1../s1. The number of hydrogen-bond donors (Lipinski definition) is 3. The molecule has 0 aromatic rings. The van der Waals surface area contributed by atoms with E-state index in [-0.39, 0.29) is 41.9 Å². The third-order valence-electron chi connectivity index (χ3n) is 5.49. The Bertz CT molecular complexity index is 700. The van der Waals surface area contributed by atoms with E-state index < -0.39 is 0 Å². The first-order valence-electron chi connectivity index (χ1n) is 12.5. The summed E-state index contributed by atoms with van der Waals surface area (Å²) in [6, 6.07) is -0.162. The van der Waals surface area contributed by atoms with E-state index in [1.54, 1.807) is 6.92 Å². The molecule has 0 radical (unpaired) electrons. The minimum absolute atomic E-state index is 0. The molecule has 1 heterocycles. The molecule has 5 N–H and O–H groups in total. The number of amides is 1. The van der Waals surface area contributed by atoms with Crippen LogP contribution in [0.25, 0.3) is 0 Å². The maximum atomic E-state index is 11.6. The number of quaternary nitrogens is 1. The van der Waals surface area contributed by atoms with Crippen molar-refractivity contribution in [3.8, 4) is 0 Å². The van der Waals surface area contributed by atoms with E-state index in [9.17, 15) is 4.79 Å². The molecule has 0 aromatic carbocycles. The molecule has 0 spiro atoms. The summed E-state index contributed by atoms with van der Waals surface area (Å²) in [6.07, 6.45) is 32.5. The Kier molecular flexibility index (Phi) is 22.6. The normalized spacial score (nSPS) is 16.4. The van der Waals surface area contributed by atoms with Crippen molar-refractivity contribution in [3.63, 3.8) is 0 Å². The van der Waals surface area contributed by atoms with Gasteiger partial charge >= 0.3 is 0 Å². The van der Waals surface area contributed by atoms with Crippen LogP contribution in [0.3, 0.4) is 0 Å². The molecule has 0 fully saturated rings. The van der Waals surface area contributed by atoms with Crippen LogP contribution in [0, 0.1) is 5.41 Å². The number of allylic oxidation sites excluding steroid dienone is 8. The maximum absolute atomic E-state index is 11.6. The molecular weight excluding hydrogens is 462 g/mol. The number of carbonyl (C=O) groups is 1. The summed E-state index contributed by atoms with van der Waals surface area (Å²) in [7, 11) is 0. The molecule has 1 aliphatic rings. The van der Waals surface area contributed by atoms with Gasteiger partial charge in [0.1, 0.15) is 6.20 Å². The number of halogens is 1.